The Morgan fingerprint density at radius 2 is 2.41 bits per heavy atom. The number of hydrogen-bond donors (Lipinski definition) is 1. The van der Waals surface area contributed by atoms with Gasteiger partial charge in [-0.25, -0.2) is 8.42 Å². The van der Waals surface area contributed by atoms with Gasteiger partial charge in [0, 0.05) is 31.3 Å². The molecule has 1 aromatic heterocycles. The highest BCUT2D eigenvalue weighted by molar-refractivity contribution is 7.91. The number of nitrogens with two attached hydrogens (primary N) is 1. The molecule has 0 aromatic carbocycles. The molecule has 7 heteroatoms. The Labute approximate surface area is 105 Å². The van der Waals surface area contributed by atoms with Crippen molar-refractivity contribution in [3.05, 3.63) is 11.4 Å². The molecule has 0 spiro atoms. The summed E-state index contributed by atoms with van der Waals surface area (Å²) in [5.41, 5.74) is 6.03. The van der Waals surface area contributed by atoms with Crippen molar-refractivity contribution in [2.75, 3.05) is 25.9 Å². The second kappa shape index (κ2) is 4.93. The number of hydrogen-bond acceptors (Lipinski definition) is 5. The number of rotatable bonds is 4. The van der Waals surface area contributed by atoms with Crippen LogP contribution in [-0.2, 0) is 14.8 Å². The van der Waals surface area contributed by atoms with Gasteiger partial charge in [-0.1, -0.05) is 0 Å². The second-order valence-corrected chi connectivity index (χ2v) is 7.30. The Bertz CT molecular complexity index is 477. The highest BCUT2D eigenvalue weighted by Crippen LogP contribution is 2.25. The highest BCUT2D eigenvalue weighted by Gasteiger charge is 2.26. The molecule has 2 heterocycles. The molecule has 0 amide bonds. The number of likely N-dealkylation sites (N-methyl/N-ethyl adjacent to an activating group) is 1. The highest BCUT2D eigenvalue weighted by atomic mass is 32.2. The lowest BCUT2D eigenvalue weighted by atomic mass is 10.2. The van der Waals surface area contributed by atoms with Gasteiger partial charge in [-0.05, 0) is 18.9 Å². The number of sulfonamides is 1. The van der Waals surface area contributed by atoms with Gasteiger partial charge in [0.25, 0.3) is 10.0 Å². The van der Waals surface area contributed by atoms with Crippen molar-refractivity contribution in [1.82, 2.24) is 4.31 Å². The molecular formula is C10H16N2O3S2. The largest absolute Gasteiger partial charge is 0.398 e. The Balaban J connectivity index is 2.09. The van der Waals surface area contributed by atoms with Gasteiger partial charge in [0.05, 0.1) is 6.10 Å². The maximum atomic E-state index is 12.2. The third kappa shape index (κ3) is 2.79. The van der Waals surface area contributed by atoms with Crippen molar-refractivity contribution in [2.24, 2.45) is 0 Å². The van der Waals surface area contributed by atoms with Crippen LogP contribution < -0.4 is 5.73 Å². The first-order valence-electron chi connectivity index (χ1n) is 5.42. The summed E-state index contributed by atoms with van der Waals surface area (Å²) < 4.78 is 31.4. The predicted octanol–water partition coefficient (Wildman–Crippen LogP) is 1.13. The molecule has 2 rings (SSSR count). The van der Waals surface area contributed by atoms with Crippen LogP contribution >= 0.6 is 11.3 Å². The van der Waals surface area contributed by atoms with Crippen molar-refractivity contribution < 1.29 is 13.2 Å². The molecule has 0 saturated carbocycles. The van der Waals surface area contributed by atoms with Crippen molar-refractivity contribution >= 4 is 27.0 Å². The SMILES string of the molecule is CN(CC1CCCO1)S(=O)(=O)c1cc(N)cs1. The molecule has 1 aliphatic heterocycles. The zero-order valence-corrected chi connectivity index (χ0v) is 11.3. The lowest BCUT2D eigenvalue weighted by molar-refractivity contribution is 0.0979. The first-order valence-corrected chi connectivity index (χ1v) is 7.74. The van der Waals surface area contributed by atoms with E-state index in [4.69, 9.17) is 10.5 Å². The minimum atomic E-state index is -3.41. The average Bonchev–Trinajstić information content (AvgIpc) is 2.89. The summed E-state index contributed by atoms with van der Waals surface area (Å²) >= 11 is 1.15. The molecule has 1 saturated heterocycles. The summed E-state index contributed by atoms with van der Waals surface area (Å²) in [6.45, 7) is 1.13. The number of ether oxygens (including phenoxy) is 1. The van der Waals surface area contributed by atoms with E-state index in [2.05, 4.69) is 0 Å². The zero-order chi connectivity index (χ0) is 12.5. The molecule has 1 unspecified atom stereocenters. The van der Waals surface area contributed by atoms with Gasteiger partial charge in [0.15, 0.2) is 0 Å². The van der Waals surface area contributed by atoms with Crippen LogP contribution in [0.1, 0.15) is 12.8 Å². The van der Waals surface area contributed by atoms with E-state index < -0.39 is 10.0 Å². The molecule has 0 aliphatic carbocycles. The monoisotopic (exact) mass is 276 g/mol. The van der Waals surface area contributed by atoms with Crippen LogP contribution in [0, 0.1) is 0 Å². The number of nitrogens with zero attached hydrogens (tertiary/aromatic N) is 1. The van der Waals surface area contributed by atoms with E-state index in [9.17, 15) is 8.42 Å². The first kappa shape index (κ1) is 12.8. The van der Waals surface area contributed by atoms with E-state index in [1.54, 1.807) is 12.4 Å². The van der Waals surface area contributed by atoms with Crippen molar-refractivity contribution in [3.63, 3.8) is 0 Å². The standard InChI is InChI=1S/C10H16N2O3S2/c1-12(6-9-3-2-4-15-9)17(13,14)10-5-8(11)7-16-10/h5,7,9H,2-4,6,11H2,1H3. The van der Waals surface area contributed by atoms with Crippen molar-refractivity contribution in [1.29, 1.82) is 0 Å². The van der Waals surface area contributed by atoms with Gasteiger partial charge < -0.3 is 10.5 Å². The summed E-state index contributed by atoms with van der Waals surface area (Å²) in [5, 5.41) is 1.63. The number of anilines is 1. The maximum Gasteiger partial charge on any atom is 0.252 e. The van der Waals surface area contributed by atoms with E-state index in [0.29, 0.717) is 12.2 Å². The summed E-state index contributed by atoms with van der Waals surface area (Å²) in [6.07, 6.45) is 1.95. The molecular weight excluding hydrogens is 260 g/mol. The van der Waals surface area contributed by atoms with Crippen LogP contribution in [0.5, 0.6) is 0 Å². The van der Waals surface area contributed by atoms with Crippen LogP contribution in [0.15, 0.2) is 15.7 Å². The Morgan fingerprint density at radius 1 is 1.65 bits per heavy atom. The molecule has 96 valence electrons. The van der Waals surface area contributed by atoms with Gasteiger partial charge >= 0.3 is 0 Å². The normalized spacial score (nSPS) is 21.2. The van der Waals surface area contributed by atoms with E-state index in [0.717, 1.165) is 30.8 Å². The van der Waals surface area contributed by atoms with Gasteiger partial charge in [0.1, 0.15) is 4.21 Å². The van der Waals surface area contributed by atoms with E-state index in [1.165, 1.54) is 10.4 Å². The van der Waals surface area contributed by atoms with Crippen LogP contribution in [0.4, 0.5) is 5.69 Å². The quantitative estimate of drug-likeness (QED) is 0.894. The molecule has 5 nitrogen and oxygen atoms in total. The van der Waals surface area contributed by atoms with Crippen LogP contribution in [0.3, 0.4) is 0 Å². The van der Waals surface area contributed by atoms with Gasteiger partial charge in [-0.15, -0.1) is 11.3 Å². The predicted molar refractivity (Wildman–Crippen MR) is 67.5 cm³/mol. The molecule has 1 aromatic rings. The smallest absolute Gasteiger partial charge is 0.252 e. The van der Waals surface area contributed by atoms with Gasteiger partial charge in [0.2, 0.25) is 0 Å². The summed E-state index contributed by atoms with van der Waals surface area (Å²) in [4.78, 5) is 0. The van der Waals surface area contributed by atoms with E-state index in [-0.39, 0.29) is 10.3 Å². The fraction of sp³-hybridized carbons (Fsp3) is 0.600. The molecule has 0 radical (unpaired) electrons. The lowest BCUT2D eigenvalue weighted by Crippen LogP contribution is -2.33. The summed E-state index contributed by atoms with van der Waals surface area (Å²) in [7, 11) is -1.84. The molecule has 0 bridgehead atoms. The molecule has 17 heavy (non-hydrogen) atoms. The molecule has 2 N–H and O–H groups in total. The molecule has 1 aliphatic rings. The fourth-order valence-corrected chi connectivity index (χ4v) is 4.28. The fourth-order valence-electron chi connectivity index (χ4n) is 1.79. The minimum Gasteiger partial charge on any atom is -0.398 e. The topological polar surface area (TPSA) is 72.6 Å². The van der Waals surface area contributed by atoms with Crippen molar-refractivity contribution in [2.45, 2.75) is 23.2 Å². The first-order chi connectivity index (χ1) is 8.00. The van der Waals surface area contributed by atoms with E-state index >= 15 is 0 Å². The summed E-state index contributed by atoms with van der Waals surface area (Å²) in [5.74, 6) is 0. The number of thiophene rings is 1. The van der Waals surface area contributed by atoms with E-state index in [1.807, 2.05) is 0 Å². The maximum absolute atomic E-state index is 12.2. The second-order valence-electron chi connectivity index (χ2n) is 4.12. The minimum absolute atomic E-state index is 0.0204. The van der Waals surface area contributed by atoms with Gasteiger partial charge in [-0.3, -0.25) is 0 Å². The third-order valence-electron chi connectivity index (χ3n) is 2.74. The molecule has 1 atom stereocenters. The van der Waals surface area contributed by atoms with Crippen LogP contribution in [0.25, 0.3) is 0 Å². The van der Waals surface area contributed by atoms with Crippen LogP contribution in [0.2, 0.25) is 0 Å². The average molecular weight is 276 g/mol. The zero-order valence-electron chi connectivity index (χ0n) is 9.63. The summed E-state index contributed by atoms with van der Waals surface area (Å²) in [6, 6.07) is 1.49. The molecule has 1 fully saturated rings. The Kier molecular flexibility index (Phi) is 3.72. The third-order valence-corrected chi connectivity index (χ3v) is 6.00. The lowest BCUT2D eigenvalue weighted by Gasteiger charge is -2.19. The Hall–Kier alpha value is -0.630. The Morgan fingerprint density at radius 3 is 2.94 bits per heavy atom. The number of nitrogen functional groups attached to an aromatic ring is 1. The van der Waals surface area contributed by atoms with Gasteiger partial charge in [-0.2, -0.15) is 4.31 Å². The van der Waals surface area contributed by atoms with Crippen LogP contribution in [-0.4, -0.2) is 39.0 Å². The van der Waals surface area contributed by atoms with Crippen molar-refractivity contribution in [3.8, 4) is 0 Å².